The Balaban J connectivity index is 2.15. The van der Waals surface area contributed by atoms with Crippen LogP contribution < -0.4 is 16.0 Å². The molecule has 22 heavy (non-hydrogen) atoms. The third-order valence-corrected chi connectivity index (χ3v) is 3.50. The van der Waals surface area contributed by atoms with Crippen LogP contribution in [-0.4, -0.2) is 29.9 Å². The molecular formula is C16H22N2O4. The molecule has 0 aliphatic heterocycles. The van der Waals surface area contributed by atoms with Crippen molar-refractivity contribution in [3.63, 3.8) is 0 Å². The minimum atomic E-state index is -0.392. The number of rotatable bonds is 8. The molecule has 1 heterocycles. The van der Waals surface area contributed by atoms with Gasteiger partial charge >= 0.3 is 5.69 Å². The molecule has 2 rings (SSSR count). The van der Waals surface area contributed by atoms with E-state index in [-0.39, 0.29) is 5.56 Å². The highest BCUT2D eigenvalue weighted by atomic mass is 16.5. The molecule has 1 aromatic heterocycles. The average Bonchev–Trinajstić information content (AvgIpc) is 2.53. The van der Waals surface area contributed by atoms with E-state index in [2.05, 4.69) is 11.9 Å². The van der Waals surface area contributed by atoms with Gasteiger partial charge in [-0.05, 0) is 31.0 Å². The molecule has 0 spiro atoms. The lowest BCUT2D eigenvalue weighted by molar-refractivity contribution is 0.125. The molecule has 0 saturated heterocycles. The number of aromatic amines is 1. The van der Waals surface area contributed by atoms with Crippen molar-refractivity contribution in [3.8, 4) is 5.75 Å². The highest BCUT2D eigenvalue weighted by Gasteiger charge is 2.08. The Bertz CT molecular complexity index is 733. The smallest absolute Gasteiger partial charge is 0.328 e. The second kappa shape index (κ2) is 7.79. The zero-order valence-electron chi connectivity index (χ0n) is 13.1. The molecule has 2 aromatic rings. The Morgan fingerprint density at radius 3 is 2.68 bits per heavy atom. The predicted molar refractivity (Wildman–Crippen MR) is 85.7 cm³/mol. The quantitative estimate of drug-likeness (QED) is 0.756. The van der Waals surface area contributed by atoms with Gasteiger partial charge in [-0.25, -0.2) is 4.79 Å². The van der Waals surface area contributed by atoms with E-state index in [1.165, 1.54) is 4.57 Å². The normalized spacial score (nSPS) is 11.0. The van der Waals surface area contributed by atoms with Gasteiger partial charge in [-0.2, -0.15) is 0 Å². The Labute approximate surface area is 128 Å². The molecular weight excluding hydrogens is 284 g/mol. The summed E-state index contributed by atoms with van der Waals surface area (Å²) in [5.74, 6) is 0.589. The highest BCUT2D eigenvalue weighted by Crippen LogP contribution is 2.15. The summed E-state index contributed by atoms with van der Waals surface area (Å²) in [4.78, 5) is 27.2. The zero-order valence-corrected chi connectivity index (χ0v) is 13.1. The molecule has 0 radical (unpaired) electrons. The SMILES string of the molecule is CCCCOCCCn1c(=O)[nH]c2ccc(OC)cc2c1=O. The van der Waals surface area contributed by atoms with E-state index in [4.69, 9.17) is 9.47 Å². The number of nitrogens with one attached hydrogen (secondary N) is 1. The number of hydrogen-bond acceptors (Lipinski definition) is 4. The molecule has 6 heteroatoms. The summed E-state index contributed by atoms with van der Waals surface area (Å²) in [6, 6.07) is 5.03. The van der Waals surface area contributed by atoms with Gasteiger partial charge in [-0.3, -0.25) is 9.36 Å². The van der Waals surface area contributed by atoms with Crippen molar-refractivity contribution in [3.05, 3.63) is 39.0 Å². The van der Waals surface area contributed by atoms with E-state index in [1.807, 2.05) is 0 Å². The van der Waals surface area contributed by atoms with Gasteiger partial charge in [0.25, 0.3) is 5.56 Å². The third-order valence-electron chi connectivity index (χ3n) is 3.50. The van der Waals surface area contributed by atoms with Crippen molar-refractivity contribution in [2.24, 2.45) is 0 Å². The first-order valence-corrected chi connectivity index (χ1v) is 7.56. The predicted octanol–water partition coefficient (Wildman–Crippen LogP) is 1.91. The fraction of sp³-hybridized carbons (Fsp3) is 0.500. The summed E-state index contributed by atoms with van der Waals surface area (Å²) in [5.41, 5.74) is -0.173. The summed E-state index contributed by atoms with van der Waals surface area (Å²) in [5, 5.41) is 0.450. The van der Waals surface area contributed by atoms with Crippen LogP contribution in [0.1, 0.15) is 26.2 Å². The number of ether oxygens (including phenoxy) is 2. The Morgan fingerprint density at radius 1 is 1.18 bits per heavy atom. The maximum atomic E-state index is 12.4. The van der Waals surface area contributed by atoms with Crippen LogP contribution >= 0.6 is 0 Å². The molecule has 120 valence electrons. The number of fused-ring (bicyclic) bond motifs is 1. The van der Waals surface area contributed by atoms with E-state index >= 15 is 0 Å². The fourth-order valence-electron chi connectivity index (χ4n) is 2.23. The Morgan fingerprint density at radius 2 is 1.95 bits per heavy atom. The van der Waals surface area contributed by atoms with Gasteiger partial charge in [0, 0.05) is 19.8 Å². The van der Waals surface area contributed by atoms with Gasteiger partial charge in [0.2, 0.25) is 0 Å². The maximum absolute atomic E-state index is 12.4. The molecule has 0 amide bonds. The molecule has 0 saturated carbocycles. The van der Waals surface area contributed by atoms with E-state index < -0.39 is 5.69 Å². The van der Waals surface area contributed by atoms with Crippen molar-refractivity contribution in [1.82, 2.24) is 9.55 Å². The van der Waals surface area contributed by atoms with Crippen LogP contribution in [0.15, 0.2) is 27.8 Å². The first kappa shape index (κ1) is 16.3. The average molecular weight is 306 g/mol. The first-order valence-electron chi connectivity index (χ1n) is 7.56. The topological polar surface area (TPSA) is 73.3 Å². The van der Waals surface area contributed by atoms with Crippen LogP contribution in [0.4, 0.5) is 0 Å². The summed E-state index contributed by atoms with van der Waals surface area (Å²) in [7, 11) is 1.54. The van der Waals surface area contributed by atoms with Gasteiger partial charge in [-0.1, -0.05) is 13.3 Å². The Kier molecular flexibility index (Phi) is 5.77. The van der Waals surface area contributed by atoms with Crippen LogP contribution in [0.3, 0.4) is 0 Å². The summed E-state index contributed by atoms with van der Waals surface area (Å²) >= 11 is 0. The monoisotopic (exact) mass is 306 g/mol. The number of nitrogens with zero attached hydrogens (tertiary/aromatic N) is 1. The lowest BCUT2D eigenvalue weighted by Gasteiger charge is -2.08. The van der Waals surface area contributed by atoms with Gasteiger partial charge in [-0.15, -0.1) is 0 Å². The van der Waals surface area contributed by atoms with Crippen LogP contribution in [0, 0.1) is 0 Å². The summed E-state index contributed by atoms with van der Waals surface area (Å²) < 4.78 is 11.8. The summed E-state index contributed by atoms with van der Waals surface area (Å²) in [6.07, 6.45) is 2.74. The minimum Gasteiger partial charge on any atom is -0.497 e. The Hall–Kier alpha value is -2.08. The molecule has 1 N–H and O–H groups in total. The van der Waals surface area contributed by atoms with Gasteiger partial charge in [0.15, 0.2) is 0 Å². The highest BCUT2D eigenvalue weighted by molar-refractivity contribution is 5.78. The van der Waals surface area contributed by atoms with Gasteiger partial charge in [0.05, 0.1) is 18.0 Å². The number of aromatic nitrogens is 2. The second-order valence-corrected chi connectivity index (χ2v) is 5.12. The van der Waals surface area contributed by atoms with Crippen LogP contribution in [0.25, 0.3) is 10.9 Å². The molecule has 0 unspecified atom stereocenters. The molecule has 0 aliphatic rings. The standard InChI is InChI=1S/C16H22N2O4/c1-3-4-9-22-10-5-8-18-15(19)13-11-12(21-2)6-7-14(13)17-16(18)20/h6-7,11H,3-5,8-10H2,1-2H3,(H,17,20). The van der Waals surface area contributed by atoms with Crippen LogP contribution in [-0.2, 0) is 11.3 Å². The van der Waals surface area contributed by atoms with Crippen LogP contribution in [0.2, 0.25) is 0 Å². The van der Waals surface area contributed by atoms with Gasteiger partial charge < -0.3 is 14.5 Å². The van der Waals surface area contributed by atoms with Crippen molar-refractivity contribution >= 4 is 10.9 Å². The fourth-order valence-corrected chi connectivity index (χ4v) is 2.23. The number of unbranched alkanes of at least 4 members (excludes halogenated alkanes) is 1. The zero-order chi connectivity index (χ0) is 15.9. The lowest BCUT2D eigenvalue weighted by Crippen LogP contribution is -2.35. The first-order chi connectivity index (χ1) is 10.7. The minimum absolute atomic E-state index is 0.300. The van der Waals surface area contributed by atoms with E-state index in [9.17, 15) is 9.59 Å². The van der Waals surface area contributed by atoms with Gasteiger partial charge in [0.1, 0.15) is 5.75 Å². The van der Waals surface area contributed by atoms with Crippen LogP contribution in [0.5, 0.6) is 5.75 Å². The maximum Gasteiger partial charge on any atom is 0.328 e. The van der Waals surface area contributed by atoms with Crippen molar-refractivity contribution in [2.75, 3.05) is 20.3 Å². The second-order valence-electron chi connectivity index (χ2n) is 5.12. The third kappa shape index (κ3) is 3.76. The molecule has 1 aromatic carbocycles. The molecule has 0 fully saturated rings. The number of hydrogen-bond donors (Lipinski definition) is 1. The van der Waals surface area contributed by atoms with E-state index in [1.54, 1.807) is 25.3 Å². The lowest BCUT2D eigenvalue weighted by atomic mass is 10.2. The molecule has 0 aliphatic carbocycles. The number of benzene rings is 1. The van der Waals surface area contributed by atoms with E-state index in [0.717, 1.165) is 19.4 Å². The number of H-pyrrole nitrogens is 1. The van der Waals surface area contributed by atoms with Crippen molar-refractivity contribution < 1.29 is 9.47 Å². The molecule has 0 atom stereocenters. The van der Waals surface area contributed by atoms with Crippen molar-refractivity contribution in [2.45, 2.75) is 32.7 Å². The molecule has 6 nitrogen and oxygen atoms in total. The summed E-state index contributed by atoms with van der Waals surface area (Å²) in [6.45, 7) is 3.71. The molecule has 0 bridgehead atoms. The van der Waals surface area contributed by atoms with Crippen molar-refractivity contribution in [1.29, 1.82) is 0 Å². The largest absolute Gasteiger partial charge is 0.497 e. The van der Waals surface area contributed by atoms with E-state index in [0.29, 0.717) is 36.2 Å². The number of methoxy groups -OCH3 is 1.